The van der Waals surface area contributed by atoms with Crippen molar-refractivity contribution in [3.05, 3.63) is 23.4 Å². The Morgan fingerprint density at radius 1 is 1.35 bits per heavy atom. The molecule has 0 aliphatic carbocycles. The van der Waals surface area contributed by atoms with E-state index in [1.165, 1.54) is 18.3 Å². The Morgan fingerprint density at radius 2 is 1.94 bits per heavy atom. The topological polar surface area (TPSA) is 79.3 Å². The number of hydrogen-bond donors (Lipinski definition) is 2. The van der Waals surface area contributed by atoms with Crippen molar-refractivity contribution in [1.82, 2.24) is 4.98 Å². The highest BCUT2D eigenvalue weighted by molar-refractivity contribution is 6.01. The van der Waals surface area contributed by atoms with Gasteiger partial charge in [0.2, 0.25) is 0 Å². The number of pyridine rings is 1. The lowest BCUT2D eigenvalue weighted by molar-refractivity contribution is -0.167. The molecule has 0 aromatic carbocycles. The molecular weight excluding hydrogens is 241 g/mol. The quantitative estimate of drug-likeness (QED) is 0.832. The molecule has 1 amide bonds. The number of nitrogens with zero attached hydrogens (tertiary/aromatic N) is 1. The number of nitrogens with one attached hydrogen (secondary N) is 1. The Labute approximate surface area is 93.3 Å². The summed E-state index contributed by atoms with van der Waals surface area (Å²) in [6, 6.07) is 2.38. The number of carboxylic acid groups (broad SMARTS) is 1. The van der Waals surface area contributed by atoms with E-state index in [0.717, 1.165) is 6.07 Å². The van der Waals surface area contributed by atoms with E-state index in [4.69, 9.17) is 5.11 Å². The average Bonchev–Trinajstić information content (AvgIpc) is 2.15. The smallest absolute Gasteiger partial charge is 0.471 e. The van der Waals surface area contributed by atoms with Crippen LogP contribution < -0.4 is 5.32 Å². The highest BCUT2D eigenvalue weighted by Crippen LogP contribution is 2.19. The van der Waals surface area contributed by atoms with Crippen molar-refractivity contribution >= 4 is 17.7 Å². The summed E-state index contributed by atoms with van der Waals surface area (Å²) in [5, 5.41) is 10.1. The monoisotopic (exact) mass is 248 g/mol. The third-order valence-electron chi connectivity index (χ3n) is 1.75. The fourth-order valence-corrected chi connectivity index (χ4v) is 1.00. The first-order chi connectivity index (χ1) is 7.71. The molecule has 0 radical (unpaired) electrons. The van der Waals surface area contributed by atoms with Gasteiger partial charge in [-0.15, -0.1) is 0 Å². The molecule has 0 saturated carbocycles. The van der Waals surface area contributed by atoms with Crippen molar-refractivity contribution in [2.75, 3.05) is 5.32 Å². The summed E-state index contributed by atoms with van der Waals surface area (Å²) in [4.78, 5) is 24.9. The Morgan fingerprint density at radius 3 is 2.41 bits per heavy atom. The zero-order valence-corrected chi connectivity index (χ0v) is 8.50. The standard InChI is InChI=1S/C9H7F3N2O3/c1-4-2-3-5(7(15)16)6(13-4)14-8(17)9(10,11)12/h2-3H,1H3,(H,15,16)(H,13,14,17). The van der Waals surface area contributed by atoms with Gasteiger partial charge in [0.25, 0.3) is 0 Å². The zero-order chi connectivity index (χ0) is 13.2. The third kappa shape index (κ3) is 3.16. The average molecular weight is 248 g/mol. The summed E-state index contributed by atoms with van der Waals surface area (Å²) in [6.07, 6.45) is -5.10. The first kappa shape index (κ1) is 12.9. The van der Waals surface area contributed by atoms with Crippen LogP contribution in [-0.2, 0) is 4.79 Å². The van der Waals surface area contributed by atoms with Crippen molar-refractivity contribution in [3.63, 3.8) is 0 Å². The SMILES string of the molecule is Cc1ccc(C(=O)O)c(NC(=O)C(F)(F)F)n1. The summed E-state index contributed by atoms with van der Waals surface area (Å²) in [7, 11) is 0. The van der Waals surface area contributed by atoms with Gasteiger partial charge < -0.3 is 10.4 Å². The molecule has 1 aromatic rings. The number of aryl methyl sites for hydroxylation is 1. The molecule has 1 heterocycles. The molecular formula is C9H7F3N2O3. The molecule has 0 aliphatic heterocycles. The number of carboxylic acids is 1. The minimum Gasteiger partial charge on any atom is -0.478 e. The van der Waals surface area contributed by atoms with Crippen molar-refractivity contribution in [2.24, 2.45) is 0 Å². The number of halogens is 3. The normalized spacial score (nSPS) is 11.1. The first-order valence-electron chi connectivity index (χ1n) is 4.31. The van der Waals surface area contributed by atoms with E-state index in [1.807, 2.05) is 0 Å². The van der Waals surface area contributed by atoms with Gasteiger partial charge in [-0.3, -0.25) is 4.79 Å². The number of amides is 1. The fourth-order valence-electron chi connectivity index (χ4n) is 1.00. The number of hydrogen-bond acceptors (Lipinski definition) is 3. The number of anilines is 1. The number of alkyl halides is 3. The maximum Gasteiger partial charge on any atom is 0.471 e. The van der Waals surface area contributed by atoms with Crippen molar-refractivity contribution < 1.29 is 27.9 Å². The van der Waals surface area contributed by atoms with Crippen LogP contribution in [0.2, 0.25) is 0 Å². The number of carbonyl (C=O) groups is 2. The molecule has 0 spiro atoms. The van der Waals surface area contributed by atoms with Crippen molar-refractivity contribution in [1.29, 1.82) is 0 Å². The molecule has 1 aromatic heterocycles. The summed E-state index contributed by atoms with van der Waals surface area (Å²) in [5.74, 6) is -4.37. The van der Waals surface area contributed by atoms with Crippen LogP contribution in [0.15, 0.2) is 12.1 Å². The Bertz CT molecular complexity index is 471. The zero-order valence-electron chi connectivity index (χ0n) is 8.50. The first-order valence-corrected chi connectivity index (χ1v) is 4.31. The molecule has 0 aliphatic rings. The Hall–Kier alpha value is -2.12. The minimum atomic E-state index is -5.10. The van der Waals surface area contributed by atoms with Crippen LogP contribution >= 0.6 is 0 Å². The van der Waals surface area contributed by atoms with E-state index >= 15 is 0 Å². The second-order valence-corrected chi connectivity index (χ2v) is 3.11. The van der Waals surface area contributed by atoms with Crippen LogP contribution in [-0.4, -0.2) is 28.1 Å². The largest absolute Gasteiger partial charge is 0.478 e. The fraction of sp³-hybridized carbons (Fsp3) is 0.222. The highest BCUT2D eigenvalue weighted by Gasteiger charge is 2.39. The van der Waals surface area contributed by atoms with E-state index in [-0.39, 0.29) is 5.69 Å². The molecule has 1 rings (SSSR count). The van der Waals surface area contributed by atoms with Gasteiger partial charge in [-0.25, -0.2) is 9.78 Å². The molecule has 2 N–H and O–H groups in total. The molecule has 5 nitrogen and oxygen atoms in total. The van der Waals surface area contributed by atoms with Crippen LogP contribution in [0.3, 0.4) is 0 Å². The molecule has 0 atom stereocenters. The molecule has 0 fully saturated rings. The number of aromatic nitrogens is 1. The van der Waals surface area contributed by atoms with Gasteiger partial charge >= 0.3 is 18.1 Å². The minimum absolute atomic E-state index is 0.285. The summed E-state index contributed by atoms with van der Waals surface area (Å²) in [5.41, 5.74) is -0.222. The van der Waals surface area contributed by atoms with Gasteiger partial charge in [-0.05, 0) is 19.1 Å². The maximum absolute atomic E-state index is 12.0. The molecule has 8 heteroatoms. The summed E-state index contributed by atoms with van der Waals surface area (Å²) in [6.45, 7) is 1.45. The van der Waals surface area contributed by atoms with E-state index in [0.29, 0.717) is 0 Å². The van der Waals surface area contributed by atoms with Gasteiger partial charge in [0, 0.05) is 5.69 Å². The van der Waals surface area contributed by atoms with Gasteiger partial charge in [0.15, 0.2) is 0 Å². The molecule has 92 valence electrons. The lowest BCUT2D eigenvalue weighted by Gasteiger charge is -2.09. The van der Waals surface area contributed by atoms with E-state index in [9.17, 15) is 22.8 Å². The predicted octanol–water partition coefficient (Wildman–Crippen LogP) is 1.59. The lowest BCUT2D eigenvalue weighted by Crippen LogP contribution is -2.31. The lowest BCUT2D eigenvalue weighted by atomic mass is 10.2. The second kappa shape index (κ2) is 4.40. The van der Waals surface area contributed by atoms with Gasteiger partial charge in [-0.1, -0.05) is 0 Å². The predicted molar refractivity (Wildman–Crippen MR) is 50.6 cm³/mol. The highest BCUT2D eigenvalue weighted by atomic mass is 19.4. The van der Waals surface area contributed by atoms with Crippen LogP contribution in [0.5, 0.6) is 0 Å². The third-order valence-corrected chi connectivity index (χ3v) is 1.75. The van der Waals surface area contributed by atoms with E-state index in [1.54, 1.807) is 0 Å². The maximum atomic E-state index is 12.0. The molecule has 0 saturated heterocycles. The van der Waals surface area contributed by atoms with E-state index < -0.39 is 29.4 Å². The summed E-state index contributed by atoms with van der Waals surface area (Å²) >= 11 is 0. The van der Waals surface area contributed by atoms with Crippen LogP contribution in [0.1, 0.15) is 16.1 Å². The second-order valence-electron chi connectivity index (χ2n) is 3.11. The molecule has 17 heavy (non-hydrogen) atoms. The van der Waals surface area contributed by atoms with Gasteiger partial charge in [0.05, 0.1) is 0 Å². The molecule has 0 bridgehead atoms. The van der Waals surface area contributed by atoms with Crippen LogP contribution in [0.25, 0.3) is 0 Å². The van der Waals surface area contributed by atoms with Gasteiger partial charge in [0.1, 0.15) is 11.4 Å². The molecule has 0 unspecified atom stereocenters. The Balaban J connectivity index is 3.09. The number of carbonyl (C=O) groups excluding carboxylic acids is 1. The number of rotatable bonds is 2. The summed E-state index contributed by atoms with van der Waals surface area (Å²) < 4.78 is 35.9. The van der Waals surface area contributed by atoms with Crippen LogP contribution in [0.4, 0.5) is 19.0 Å². The van der Waals surface area contributed by atoms with Crippen molar-refractivity contribution in [3.8, 4) is 0 Å². The Kier molecular flexibility index (Phi) is 3.35. The van der Waals surface area contributed by atoms with Crippen LogP contribution in [0, 0.1) is 6.92 Å². The van der Waals surface area contributed by atoms with Gasteiger partial charge in [-0.2, -0.15) is 13.2 Å². The number of aromatic carboxylic acids is 1. The van der Waals surface area contributed by atoms with Crippen molar-refractivity contribution in [2.45, 2.75) is 13.1 Å². The van der Waals surface area contributed by atoms with E-state index in [2.05, 4.69) is 4.98 Å².